The highest BCUT2D eigenvalue weighted by molar-refractivity contribution is 6.04. The number of esters is 1. The molecule has 0 saturated heterocycles. The van der Waals surface area contributed by atoms with E-state index in [1.54, 1.807) is 48.5 Å². The number of carbonyl (C=O) groups excluding carboxylic acids is 2. The van der Waals surface area contributed by atoms with Gasteiger partial charge in [0.15, 0.2) is 0 Å². The van der Waals surface area contributed by atoms with E-state index in [0.29, 0.717) is 35.8 Å². The fraction of sp³-hybridized carbons (Fsp3) is 0.261. The van der Waals surface area contributed by atoms with Crippen LogP contribution in [0.4, 0.5) is 5.69 Å². The fourth-order valence-corrected chi connectivity index (χ4v) is 2.74. The van der Waals surface area contributed by atoms with Gasteiger partial charge in [-0.25, -0.2) is 4.79 Å². The third-order valence-electron chi connectivity index (χ3n) is 4.50. The molecular formula is C23H24N2O5. The van der Waals surface area contributed by atoms with Crippen LogP contribution in [0.25, 0.3) is 0 Å². The Kier molecular flexibility index (Phi) is 6.85. The molecule has 156 valence electrons. The minimum absolute atomic E-state index is 0.256. The van der Waals surface area contributed by atoms with Crippen LogP contribution < -0.4 is 10.1 Å². The van der Waals surface area contributed by atoms with E-state index in [0.717, 1.165) is 23.4 Å². The average Bonchev–Trinajstić information content (AvgIpc) is 3.08. The van der Waals surface area contributed by atoms with Crippen molar-refractivity contribution in [2.24, 2.45) is 0 Å². The maximum Gasteiger partial charge on any atom is 0.338 e. The maximum atomic E-state index is 12.5. The van der Waals surface area contributed by atoms with Crippen LogP contribution in [0, 0.1) is 13.8 Å². The molecule has 1 aromatic heterocycles. The zero-order valence-electron chi connectivity index (χ0n) is 17.2. The lowest BCUT2D eigenvalue weighted by atomic mass is 10.1. The van der Waals surface area contributed by atoms with Gasteiger partial charge in [0, 0.05) is 11.3 Å². The molecule has 1 amide bonds. The molecule has 3 rings (SSSR count). The molecule has 0 aliphatic heterocycles. The van der Waals surface area contributed by atoms with E-state index >= 15 is 0 Å². The number of aromatic nitrogens is 1. The first-order valence-corrected chi connectivity index (χ1v) is 9.71. The predicted octanol–water partition coefficient (Wildman–Crippen LogP) is 4.69. The standard InChI is InChI=1S/C23H24N2O5/c1-4-13-28-23(27)18-5-9-19(10-6-18)24-22(26)17-7-11-20(12-8-17)29-14-21-15(2)25-30-16(21)3/h5-12H,4,13-14H2,1-3H3,(H,24,26). The van der Waals surface area contributed by atoms with Crippen LogP contribution in [0.2, 0.25) is 0 Å². The molecule has 0 fully saturated rings. The molecule has 0 aliphatic carbocycles. The Balaban J connectivity index is 1.56. The third kappa shape index (κ3) is 5.26. The summed E-state index contributed by atoms with van der Waals surface area (Å²) < 4.78 is 16.0. The van der Waals surface area contributed by atoms with E-state index in [9.17, 15) is 9.59 Å². The van der Waals surface area contributed by atoms with Crippen LogP contribution in [-0.4, -0.2) is 23.6 Å². The molecule has 7 heteroatoms. The molecule has 2 aromatic carbocycles. The Hall–Kier alpha value is -3.61. The smallest absolute Gasteiger partial charge is 0.338 e. The number of anilines is 1. The highest BCUT2D eigenvalue weighted by Crippen LogP contribution is 2.19. The SMILES string of the molecule is CCCOC(=O)c1ccc(NC(=O)c2ccc(OCc3c(C)noc3C)cc2)cc1. The number of carbonyl (C=O) groups is 2. The lowest BCUT2D eigenvalue weighted by Gasteiger charge is -2.09. The van der Waals surface area contributed by atoms with Gasteiger partial charge in [0.05, 0.1) is 23.4 Å². The second kappa shape index (κ2) is 9.73. The molecule has 1 N–H and O–H groups in total. The molecule has 0 aliphatic rings. The lowest BCUT2D eigenvalue weighted by molar-refractivity contribution is 0.0505. The predicted molar refractivity (Wildman–Crippen MR) is 112 cm³/mol. The first kappa shape index (κ1) is 21.1. The second-order valence-electron chi connectivity index (χ2n) is 6.78. The van der Waals surface area contributed by atoms with E-state index < -0.39 is 0 Å². The van der Waals surface area contributed by atoms with E-state index in [-0.39, 0.29) is 11.9 Å². The third-order valence-corrected chi connectivity index (χ3v) is 4.50. The quantitative estimate of drug-likeness (QED) is 0.544. The minimum Gasteiger partial charge on any atom is -0.489 e. The molecule has 1 heterocycles. The van der Waals surface area contributed by atoms with Gasteiger partial charge in [0.1, 0.15) is 18.1 Å². The van der Waals surface area contributed by atoms with Gasteiger partial charge in [-0.3, -0.25) is 4.79 Å². The largest absolute Gasteiger partial charge is 0.489 e. The molecule has 3 aromatic rings. The topological polar surface area (TPSA) is 90.7 Å². The van der Waals surface area contributed by atoms with Crippen LogP contribution in [-0.2, 0) is 11.3 Å². The van der Waals surface area contributed by atoms with Crippen molar-refractivity contribution in [1.82, 2.24) is 5.16 Å². The number of nitrogens with one attached hydrogen (secondary N) is 1. The van der Waals surface area contributed by atoms with Gasteiger partial charge in [-0.1, -0.05) is 12.1 Å². The van der Waals surface area contributed by atoms with Crippen molar-refractivity contribution in [3.05, 3.63) is 76.7 Å². The van der Waals surface area contributed by atoms with Gasteiger partial charge in [0.2, 0.25) is 0 Å². The summed E-state index contributed by atoms with van der Waals surface area (Å²) in [5.41, 5.74) is 3.24. The number of hydrogen-bond donors (Lipinski definition) is 1. The zero-order chi connectivity index (χ0) is 21.5. The molecule has 0 unspecified atom stereocenters. The summed E-state index contributed by atoms with van der Waals surface area (Å²) in [6.45, 7) is 6.37. The number of amides is 1. The molecule has 0 spiro atoms. The lowest BCUT2D eigenvalue weighted by Crippen LogP contribution is -2.12. The van der Waals surface area contributed by atoms with E-state index in [4.69, 9.17) is 14.0 Å². The van der Waals surface area contributed by atoms with E-state index in [1.165, 1.54) is 0 Å². The second-order valence-corrected chi connectivity index (χ2v) is 6.78. The van der Waals surface area contributed by atoms with Crippen molar-refractivity contribution < 1.29 is 23.6 Å². The van der Waals surface area contributed by atoms with Crippen LogP contribution in [0.1, 0.15) is 51.1 Å². The normalized spacial score (nSPS) is 10.5. The molecule has 0 bridgehead atoms. The summed E-state index contributed by atoms with van der Waals surface area (Å²) in [7, 11) is 0. The Morgan fingerprint density at radius 3 is 2.27 bits per heavy atom. The highest BCUT2D eigenvalue weighted by atomic mass is 16.5. The van der Waals surface area contributed by atoms with Gasteiger partial charge >= 0.3 is 5.97 Å². The van der Waals surface area contributed by atoms with Crippen LogP contribution in [0.5, 0.6) is 5.75 Å². The number of ether oxygens (including phenoxy) is 2. The van der Waals surface area contributed by atoms with Gasteiger partial charge in [0.25, 0.3) is 5.91 Å². The first-order valence-electron chi connectivity index (χ1n) is 9.71. The van der Waals surface area contributed by atoms with Crippen LogP contribution >= 0.6 is 0 Å². The number of hydrogen-bond acceptors (Lipinski definition) is 6. The van der Waals surface area contributed by atoms with Crippen LogP contribution in [0.3, 0.4) is 0 Å². The molecule has 0 saturated carbocycles. The summed E-state index contributed by atoms with van der Waals surface area (Å²) in [4.78, 5) is 24.3. The molecule has 0 radical (unpaired) electrons. The minimum atomic E-state index is -0.373. The van der Waals surface area contributed by atoms with Crippen molar-refractivity contribution in [2.45, 2.75) is 33.8 Å². The summed E-state index contributed by atoms with van der Waals surface area (Å²) in [5.74, 6) is 0.741. The van der Waals surface area contributed by atoms with E-state index in [1.807, 2.05) is 20.8 Å². The average molecular weight is 408 g/mol. The number of aryl methyl sites for hydroxylation is 2. The van der Waals surface area contributed by atoms with Crippen molar-refractivity contribution in [2.75, 3.05) is 11.9 Å². The number of nitrogens with zero attached hydrogens (tertiary/aromatic N) is 1. The fourth-order valence-electron chi connectivity index (χ4n) is 2.74. The molecular weight excluding hydrogens is 384 g/mol. The first-order chi connectivity index (χ1) is 14.5. The zero-order valence-corrected chi connectivity index (χ0v) is 17.2. The highest BCUT2D eigenvalue weighted by Gasteiger charge is 2.11. The maximum absolute atomic E-state index is 12.5. The number of benzene rings is 2. The van der Waals surface area contributed by atoms with Gasteiger partial charge in [-0.2, -0.15) is 0 Å². The Labute approximate surface area is 175 Å². The van der Waals surface area contributed by atoms with Gasteiger partial charge < -0.3 is 19.3 Å². The van der Waals surface area contributed by atoms with Gasteiger partial charge in [-0.15, -0.1) is 0 Å². The summed E-state index contributed by atoms with van der Waals surface area (Å²) >= 11 is 0. The number of rotatable bonds is 8. The monoisotopic (exact) mass is 408 g/mol. The molecule has 30 heavy (non-hydrogen) atoms. The van der Waals surface area contributed by atoms with E-state index in [2.05, 4.69) is 10.5 Å². The van der Waals surface area contributed by atoms with Crippen LogP contribution in [0.15, 0.2) is 53.1 Å². The van der Waals surface area contributed by atoms with Crippen molar-refractivity contribution in [3.8, 4) is 5.75 Å². The summed E-state index contributed by atoms with van der Waals surface area (Å²) in [5, 5.41) is 6.70. The molecule has 7 nitrogen and oxygen atoms in total. The Bertz CT molecular complexity index is 988. The van der Waals surface area contributed by atoms with Gasteiger partial charge in [-0.05, 0) is 68.8 Å². The Morgan fingerprint density at radius 1 is 1.00 bits per heavy atom. The molecule has 0 atom stereocenters. The summed E-state index contributed by atoms with van der Waals surface area (Å²) in [6.07, 6.45) is 0.767. The van der Waals surface area contributed by atoms with Crippen molar-refractivity contribution >= 4 is 17.6 Å². The summed E-state index contributed by atoms with van der Waals surface area (Å²) in [6, 6.07) is 13.4. The van der Waals surface area contributed by atoms with Crippen molar-refractivity contribution in [3.63, 3.8) is 0 Å². The Morgan fingerprint density at radius 2 is 1.67 bits per heavy atom. The van der Waals surface area contributed by atoms with Crippen molar-refractivity contribution in [1.29, 1.82) is 0 Å².